The van der Waals surface area contributed by atoms with E-state index in [4.69, 9.17) is 0 Å². The summed E-state index contributed by atoms with van der Waals surface area (Å²) in [7, 11) is -3.06. The van der Waals surface area contributed by atoms with Gasteiger partial charge in [0.1, 0.15) is 0 Å². The van der Waals surface area contributed by atoms with Gasteiger partial charge in [-0.25, -0.2) is 8.42 Å². The van der Waals surface area contributed by atoms with Gasteiger partial charge in [0.15, 0.2) is 9.84 Å². The van der Waals surface area contributed by atoms with E-state index in [1.807, 2.05) is 12.1 Å². The summed E-state index contributed by atoms with van der Waals surface area (Å²) in [6.45, 7) is 7.55. The van der Waals surface area contributed by atoms with Gasteiger partial charge >= 0.3 is 0 Å². The summed E-state index contributed by atoms with van der Waals surface area (Å²) in [5.74, 6) is 0.425. The molecule has 0 unspecified atom stereocenters. The van der Waals surface area contributed by atoms with E-state index in [0.29, 0.717) is 11.6 Å². The third kappa shape index (κ3) is 3.30. The molecule has 0 atom stereocenters. The van der Waals surface area contributed by atoms with Crippen LogP contribution < -0.4 is 0 Å². The second-order valence-electron chi connectivity index (χ2n) is 4.59. The van der Waals surface area contributed by atoms with Crippen LogP contribution in [0, 0.1) is 0 Å². The highest BCUT2D eigenvalue weighted by molar-refractivity contribution is 7.91. The third-order valence-electron chi connectivity index (χ3n) is 2.57. The van der Waals surface area contributed by atoms with E-state index in [1.54, 1.807) is 20.0 Å². The number of sulfone groups is 1. The van der Waals surface area contributed by atoms with Gasteiger partial charge in [0.05, 0.1) is 16.7 Å². The molecule has 1 heterocycles. The molecule has 1 rings (SSSR count). The monoisotopic (exact) mass is 241 g/mol. The van der Waals surface area contributed by atoms with Crippen LogP contribution in [0.15, 0.2) is 18.3 Å². The molecule has 0 aliphatic heterocycles. The Balaban J connectivity index is 2.95. The van der Waals surface area contributed by atoms with Crippen LogP contribution in [0.2, 0.25) is 0 Å². The van der Waals surface area contributed by atoms with Crippen LogP contribution in [0.5, 0.6) is 0 Å². The van der Waals surface area contributed by atoms with Crippen molar-refractivity contribution in [2.75, 3.05) is 0 Å². The Kier molecular flexibility index (Phi) is 4.08. The van der Waals surface area contributed by atoms with Crippen LogP contribution in [0.1, 0.15) is 44.9 Å². The normalized spacial score (nSPS) is 12.4. The summed E-state index contributed by atoms with van der Waals surface area (Å²) in [6, 6.07) is 3.81. The van der Waals surface area contributed by atoms with E-state index in [0.717, 1.165) is 5.56 Å². The largest absolute Gasteiger partial charge is 0.260 e. The topological polar surface area (TPSA) is 47.0 Å². The zero-order valence-corrected chi connectivity index (χ0v) is 11.1. The molecule has 16 heavy (non-hydrogen) atoms. The Morgan fingerprint density at radius 1 is 1.25 bits per heavy atom. The van der Waals surface area contributed by atoms with Gasteiger partial charge < -0.3 is 0 Å². The Hall–Kier alpha value is -0.900. The van der Waals surface area contributed by atoms with Gasteiger partial charge in [-0.1, -0.05) is 13.8 Å². The molecule has 0 saturated carbocycles. The summed E-state index contributed by atoms with van der Waals surface area (Å²) in [5.41, 5.74) is 1.77. The lowest BCUT2D eigenvalue weighted by Gasteiger charge is -2.09. The average Bonchev–Trinajstić information content (AvgIpc) is 2.17. The quantitative estimate of drug-likeness (QED) is 0.813. The molecule has 0 amide bonds. The van der Waals surface area contributed by atoms with Gasteiger partial charge in [-0.15, -0.1) is 0 Å². The molecular weight excluding hydrogens is 222 g/mol. The van der Waals surface area contributed by atoms with Crippen molar-refractivity contribution in [2.45, 2.75) is 44.6 Å². The van der Waals surface area contributed by atoms with Gasteiger partial charge in [-0.3, -0.25) is 4.98 Å². The summed E-state index contributed by atoms with van der Waals surface area (Å²) in [4.78, 5) is 4.11. The summed E-state index contributed by atoms with van der Waals surface area (Å²) in [6.07, 6.45) is 1.68. The maximum absolute atomic E-state index is 11.7. The van der Waals surface area contributed by atoms with E-state index in [1.165, 1.54) is 0 Å². The van der Waals surface area contributed by atoms with Crippen molar-refractivity contribution in [1.29, 1.82) is 0 Å². The second-order valence-corrected chi connectivity index (χ2v) is 7.15. The van der Waals surface area contributed by atoms with Gasteiger partial charge in [0, 0.05) is 6.20 Å². The molecule has 1 aromatic rings. The smallest absolute Gasteiger partial charge is 0.158 e. The van der Waals surface area contributed by atoms with Crippen LogP contribution >= 0.6 is 0 Å². The number of rotatable bonds is 4. The van der Waals surface area contributed by atoms with Gasteiger partial charge in [-0.2, -0.15) is 0 Å². The molecule has 90 valence electrons. The lowest BCUT2D eigenvalue weighted by Crippen LogP contribution is -2.16. The van der Waals surface area contributed by atoms with Crippen molar-refractivity contribution in [3.8, 4) is 0 Å². The molecule has 0 spiro atoms. The molecule has 0 bridgehead atoms. The van der Waals surface area contributed by atoms with E-state index < -0.39 is 9.84 Å². The van der Waals surface area contributed by atoms with Crippen LogP contribution in [-0.2, 0) is 15.6 Å². The van der Waals surface area contributed by atoms with Crippen LogP contribution in [0.4, 0.5) is 0 Å². The lowest BCUT2D eigenvalue weighted by molar-refractivity contribution is 0.586. The number of hydrogen-bond acceptors (Lipinski definition) is 3. The zero-order chi connectivity index (χ0) is 12.3. The molecule has 0 aliphatic rings. The first kappa shape index (κ1) is 13.2. The predicted octanol–water partition coefficient (Wildman–Crippen LogP) is 2.53. The molecule has 0 N–H and O–H groups in total. The summed E-state index contributed by atoms with van der Waals surface area (Å²) in [5, 5.41) is -0.350. The SMILES string of the molecule is CC(C)c1ccnc(CS(=O)(=O)C(C)C)c1. The van der Waals surface area contributed by atoms with E-state index in [-0.39, 0.29) is 11.0 Å². The molecule has 1 aromatic heterocycles. The number of hydrogen-bond donors (Lipinski definition) is 0. The van der Waals surface area contributed by atoms with Gasteiger partial charge in [0.25, 0.3) is 0 Å². The number of aromatic nitrogens is 1. The fourth-order valence-corrected chi connectivity index (χ4v) is 2.21. The third-order valence-corrected chi connectivity index (χ3v) is 4.71. The average molecular weight is 241 g/mol. The van der Waals surface area contributed by atoms with E-state index in [2.05, 4.69) is 18.8 Å². The van der Waals surface area contributed by atoms with Crippen LogP contribution in [0.25, 0.3) is 0 Å². The number of pyridine rings is 1. The Bertz CT molecular complexity index is 450. The molecule has 0 aliphatic carbocycles. The number of nitrogens with zero attached hydrogens (tertiary/aromatic N) is 1. The fourth-order valence-electron chi connectivity index (χ4n) is 1.31. The molecule has 3 nitrogen and oxygen atoms in total. The zero-order valence-electron chi connectivity index (χ0n) is 10.3. The molecule has 0 fully saturated rings. The standard InChI is InChI=1S/C12H19NO2S/c1-9(2)11-5-6-13-12(7-11)8-16(14,15)10(3)4/h5-7,9-10H,8H2,1-4H3. The predicted molar refractivity (Wildman–Crippen MR) is 66.1 cm³/mol. The molecule has 4 heteroatoms. The molecular formula is C12H19NO2S. The maximum Gasteiger partial charge on any atom is 0.158 e. The van der Waals surface area contributed by atoms with Crippen molar-refractivity contribution in [3.63, 3.8) is 0 Å². The van der Waals surface area contributed by atoms with Crippen molar-refractivity contribution in [1.82, 2.24) is 4.98 Å². The van der Waals surface area contributed by atoms with Crippen molar-refractivity contribution in [3.05, 3.63) is 29.6 Å². The summed E-state index contributed by atoms with van der Waals surface area (Å²) >= 11 is 0. The molecule has 0 saturated heterocycles. The fraction of sp³-hybridized carbons (Fsp3) is 0.583. The van der Waals surface area contributed by atoms with Crippen LogP contribution in [0.3, 0.4) is 0 Å². The Labute approximate surface area is 97.8 Å². The highest BCUT2D eigenvalue weighted by atomic mass is 32.2. The van der Waals surface area contributed by atoms with E-state index in [9.17, 15) is 8.42 Å². The lowest BCUT2D eigenvalue weighted by atomic mass is 10.0. The maximum atomic E-state index is 11.7. The first-order valence-electron chi connectivity index (χ1n) is 5.49. The Morgan fingerprint density at radius 3 is 2.38 bits per heavy atom. The van der Waals surface area contributed by atoms with Gasteiger partial charge in [0.2, 0.25) is 0 Å². The highest BCUT2D eigenvalue weighted by Crippen LogP contribution is 2.16. The van der Waals surface area contributed by atoms with Gasteiger partial charge in [-0.05, 0) is 37.5 Å². The minimum atomic E-state index is -3.06. The first-order valence-corrected chi connectivity index (χ1v) is 7.21. The molecule has 0 radical (unpaired) electrons. The highest BCUT2D eigenvalue weighted by Gasteiger charge is 2.17. The molecule has 0 aromatic carbocycles. The minimum Gasteiger partial charge on any atom is -0.260 e. The second kappa shape index (κ2) is 4.95. The minimum absolute atomic E-state index is 0.0330. The Morgan fingerprint density at radius 2 is 1.88 bits per heavy atom. The summed E-state index contributed by atoms with van der Waals surface area (Å²) < 4.78 is 23.5. The van der Waals surface area contributed by atoms with Crippen molar-refractivity contribution >= 4 is 9.84 Å². The first-order chi connectivity index (χ1) is 7.33. The van der Waals surface area contributed by atoms with E-state index >= 15 is 0 Å². The van der Waals surface area contributed by atoms with Crippen molar-refractivity contribution < 1.29 is 8.42 Å². The van der Waals surface area contributed by atoms with Crippen LogP contribution in [-0.4, -0.2) is 18.7 Å². The van der Waals surface area contributed by atoms with Crippen molar-refractivity contribution in [2.24, 2.45) is 0 Å².